The van der Waals surface area contributed by atoms with Crippen molar-refractivity contribution in [3.8, 4) is 22.3 Å². The van der Waals surface area contributed by atoms with Crippen molar-refractivity contribution in [1.29, 1.82) is 0 Å². The van der Waals surface area contributed by atoms with Crippen LogP contribution in [0.15, 0.2) is 91.0 Å². The number of rotatable bonds is 2. The molecule has 0 N–H and O–H groups in total. The predicted octanol–water partition coefficient (Wildman–Crippen LogP) is 8.04. The average Bonchev–Trinajstić information content (AvgIpc) is 3.06. The number of hydrogen-bond donors (Lipinski definition) is 0. The SMILES string of the molecule is Clc1cccc(-c2cccc3sc4cc(-c5ccccc5)ccc4c23)c1. The Bertz CT molecular complexity index is 1240. The first-order valence-corrected chi connectivity index (χ1v) is 9.76. The quantitative estimate of drug-likeness (QED) is 0.295. The second-order valence-corrected chi connectivity index (χ2v) is 7.89. The summed E-state index contributed by atoms with van der Waals surface area (Å²) in [4.78, 5) is 0. The van der Waals surface area contributed by atoms with E-state index in [4.69, 9.17) is 11.6 Å². The molecule has 0 aliphatic carbocycles. The van der Waals surface area contributed by atoms with Gasteiger partial charge >= 0.3 is 0 Å². The summed E-state index contributed by atoms with van der Waals surface area (Å²) < 4.78 is 2.62. The Hall–Kier alpha value is -2.61. The maximum Gasteiger partial charge on any atom is 0.0412 e. The topological polar surface area (TPSA) is 0 Å². The van der Waals surface area contributed by atoms with E-state index in [2.05, 4.69) is 72.8 Å². The van der Waals surface area contributed by atoms with E-state index in [0.29, 0.717) is 0 Å². The molecule has 0 bridgehead atoms. The summed E-state index contributed by atoms with van der Waals surface area (Å²) >= 11 is 8.08. The van der Waals surface area contributed by atoms with Crippen LogP contribution in [0.1, 0.15) is 0 Å². The standard InChI is InChI=1S/C24H15ClS/c25-19-9-4-8-18(14-19)20-10-5-11-22-24(20)21-13-12-17(15-23(21)26-22)16-6-2-1-3-7-16/h1-15H. The third kappa shape index (κ3) is 2.61. The van der Waals surface area contributed by atoms with Gasteiger partial charge < -0.3 is 0 Å². The van der Waals surface area contributed by atoms with E-state index >= 15 is 0 Å². The van der Waals surface area contributed by atoms with Gasteiger partial charge in [0.1, 0.15) is 0 Å². The molecule has 0 radical (unpaired) electrons. The fourth-order valence-electron chi connectivity index (χ4n) is 3.53. The van der Waals surface area contributed by atoms with Crippen LogP contribution >= 0.6 is 22.9 Å². The van der Waals surface area contributed by atoms with Crippen molar-refractivity contribution in [1.82, 2.24) is 0 Å². The lowest BCUT2D eigenvalue weighted by Crippen LogP contribution is -1.80. The molecule has 0 atom stereocenters. The molecule has 0 aliphatic heterocycles. The summed E-state index contributed by atoms with van der Waals surface area (Å²) in [5.41, 5.74) is 4.91. The van der Waals surface area contributed by atoms with Gasteiger partial charge in [-0.3, -0.25) is 0 Å². The molecule has 2 heteroatoms. The molecule has 0 spiro atoms. The van der Waals surface area contributed by atoms with Crippen molar-refractivity contribution in [2.75, 3.05) is 0 Å². The second kappa shape index (κ2) is 6.28. The van der Waals surface area contributed by atoms with Crippen LogP contribution in [-0.2, 0) is 0 Å². The predicted molar refractivity (Wildman–Crippen MR) is 115 cm³/mol. The summed E-state index contributed by atoms with van der Waals surface area (Å²) in [5, 5.41) is 3.39. The highest BCUT2D eigenvalue weighted by atomic mass is 35.5. The Morgan fingerprint density at radius 1 is 0.577 bits per heavy atom. The van der Waals surface area contributed by atoms with Crippen LogP contribution < -0.4 is 0 Å². The van der Waals surface area contributed by atoms with Crippen LogP contribution in [0.5, 0.6) is 0 Å². The van der Waals surface area contributed by atoms with Gasteiger partial charge in [-0.15, -0.1) is 11.3 Å². The van der Waals surface area contributed by atoms with Gasteiger partial charge in [0, 0.05) is 25.2 Å². The molecule has 0 saturated carbocycles. The fourth-order valence-corrected chi connectivity index (χ4v) is 4.89. The first-order valence-electron chi connectivity index (χ1n) is 8.56. The summed E-state index contributed by atoms with van der Waals surface area (Å²) in [6, 6.07) is 31.9. The maximum absolute atomic E-state index is 6.23. The zero-order valence-electron chi connectivity index (χ0n) is 13.9. The van der Waals surface area contributed by atoms with Crippen molar-refractivity contribution in [2.45, 2.75) is 0 Å². The van der Waals surface area contributed by atoms with Crippen LogP contribution in [-0.4, -0.2) is 0 Å². The summed E-state index contributed by atoms with van der Waals surface area (Å²) in [6.07, 6.45) is 0. The Balaban J connectivity index is 1.77. The largest absolute Gasteiger partial charge is 0.135 e. The normalized spacial score (nSPS) is 11.3. The van der Waals surface area contributed by atoms with Crippen LogP contribution in [0, 0.1) is 0 Å². The molecule has 1 aromatic heterocycles. The molecular formula is C24H15ClS. The molecule has 124 valence electrons. The van der Waals surface area contributed by atoms with Crippen LogP contribution in [0.2, 0.25) is 5.02 Å². The first kappa shape index (κ1) is 15.6. The number of thiophene rings is 1. The molecule has 0 nitrogen and oxygen atoms in total. The zero-order valence-corrected chi connectivity index (χ0v) is 15.5. The molecule has 0 amide bonds. The third-order valence-corrected chi connectivity index (χ3v) is 6.09. The fraction of sp³-hybridized carbons (Fsp3) is 0. The molecule has 5 aromatic rings. The van der Waals surface area contributed by atoms with Crippen molar-refractivity contribution >= 4 is 43.1 Å². The molecule has 0 aliphatic rings. The minimum atomic E-state index is 0.769. The van der Waals surface area contributed by atoms with Gasteiger partial charge in [-0.2, -0.15) is 0 Å². The average molecular weight is 371 g/mol. The highest BCUT2D eigenvalue weighted by Crippen LogP contribution is 2.41. The van der Waals surface area contributed by atoms with Crippen LogP contribution in [0.3, 0.4) is 0 Å². The van der Waals surface area contributed by atoms with Crippen molar-refractivity contribution in [3.63, 3.8) is 0 Å². The summed E-state index contributed by atoms with van der Waals surface area (Å²) in [6.45, 7) is 0. The highest BCUT2D eigenvalue weighted by molar-refractivity contribution is 7.26. The lowest BCUT2D eigenvalue weighted by Gasteiger charge is -2.06. The van der Waals surface area contributed by atoms with Gasteiger partial charge in [-0.05, 0) is 46.5 Å². The van der Waals surface area contributed by atoms with Gasteiger partial charge in [-0.1, -0.05) is 78.3 Å². The van der Waals surface area contributed by atoms with Gasteiger partial charge in [-0.25, -0.2) is 0 Å². The number of halogens is 1. The molecule has 1 heterocycles. The van der Waals surface area contributed by atoms with E-state index in [1.54, 1.807) is 0 Å². The van der Waals surface area contributed by atoms with E-state index in [9.17, 15) is 0 Å². The van der Waals surface area contributed by atoms with E-state index < -0.39 is 0 Å². The molecule has 5 rings (SSSR count). The Morgan fingerprint density at radius 2 is 1.38 bits per heavy atom. The number of benzene rings is 4. The van der Waals surface area contributed by atoms with Crippen molar-refractivity contribution < 1.29 is 0 Å². The maximum atomic E-state index is 6.23. The number of fused-ring (bicyclic) bond motifs is 3. The lowest BCUT2D eigenvalue weighted by atomic mass is 9.98. The first-order chi connectivity index (χ1) is 12.8. The Kier molecular flexibility index (Phi) is 3.77. The molecular weight excluding hydrogens is 356 g/mol. The van der Waals surface area contributed by atoms with Gasteiger partial charge in [0.25, 0.3) is 0 Å². The van der Waals surface area contributed by atoms with Gasteiger partial charge in [0.15, 0.2) is 0 Å². The summed E-state index contributed by atoms with van der Waals surface area (Å²) in [7, 11) is 0. The van der Waals surface area contributed by atoms with Gasteiger partial charge in [0.2, 0.25) is 0 Å². The highest BCUT2D eigenvalue weighted by Gasteiger charge is 2.12. The number of hydrogen-bond acceptors (Lipinski definition) is 1. The Labute approximate surface area is 161 Å². The Morgan fingerprint density at radius 3 is 2.23 bits per heavy atom. The monoisotopic (exact) mass is 370 g/mol. The van der Waals surface area contributed by atoms with Gasteiger partial charge in [0.05, 0.1) is 0 Å². The molecule has 0 unspecified atom stereocenters. The van der Waals surface area contributed by atoms with Crippen LogP contribution in [0.25, 0.3) is 42.4 Å². The molecule has 0 fully saturated rings. The zero-order chi connectivity index (χ0) is 17.5. The third-order valence-electron chi connectivity index (χ3n) is 4.74. The second-order valence-electron chi connectivity index (χ2n) is 6.37. The summed E-state index contributed by atoms with van der Waals surface area (Å²) in [5.74, 6) is 0. The lowest BCUT2D eigenvalue weighted by molar-refractivity contribution is 1.65. The van der Waals surface area contributed by atoms with E-state index in [-0.39, 0.29) is 0 Å². The van der Waals surface area contributed by atoms with Crippen LogP contribution in [0.4, 0.5) is 0 Å². The minimum absolute atomic E-state index is 0.769. The van der Waals surface area contributed by atoms with E-state index in [0.717, 1.165) is 10.6 Å². The minimum Gasteiger partial charge on any atom is -0.135 e. The molecule has 26 heavy (non-hydrogen) atoms. The smallest absolute Gasteiger partial charge is 0.0412 e. The molecule has 0 saturated heterocycles. The van der Waals surface area contributed by atoms with E-state index in [1.165, 1.54) is 36.9 Å². The van der Waals surface area contributed by atoms with Crippen molar-refractivity contribution in [3.05, 3.63) is 96.0 Å². The van der Waals surface area contributed by atoms with E-state index in [1.807, 2.05) is 29.5 Å². The molecule has 4 aromatic carbocycles. The van der Waals surface area contributed by atoms with Crippen molar-refractivity contribution in [2.24, 2.45) is 0 Å².